The molecule has 8 heteroatoms. The van der Waals surface area contributed by atoms with E-state index in [9.17, 15) is 14.7 Å². The first-order valence-corrected chi connectivity index (χ1v) is 14.5. The van der Waals surface area contributed by atoms with Gasteiger partial charge in [0, 0.05) is 37.7 Å². The van der Waals surface area contributed by atoms with Gasteiger partial charge in [0.25, 0.3) is 0 Å². The number of likely N-dealkylation sites (tertiary alicyclic amines) is 1. The summed E-state index contributed by atoms with van der Waals surface area (Å²) in [5.41, 5.74) is 3.91. The van der Waals surface area contributed by atoms with Gasteiger partial charge in [-0.1, -0.05) is 43.7 Å². The fourth-order valence-corrected chi connectivity index (χ4v) is 6.33. The van der Waals surface area contributed by atoms with Crippen molar-refractivity contribution in [2.75, 3.05) is 38.3 Å². The first kappa shape index (κ1) is 28.6. The summed E-state index contributed by atoms with van der Waals surface area (Å²) in [6.07, 6.45) is 7.31. The van der Waals surface area contributed by atoms with E-state index in [4.69, 9.17) is 9.47 Å². The minimum atomic E-state index is -0.832. The number of fused-ring (bicyclic) bond motifs is 1. The van der Waals surface area contributed by atoms with Crippen molar-refractivity contribution in [1.29, 1.82) is 0 Å². The van der Waals surface area contributed by atoms with Crippen LogP contribution in [0.5, 0.6) is 11.5 Å². The summed E-state index contributed by atoms with van der Waals surface area (Å²) in [7, 11) is 1.65. The summed E-state index contributed by atoms with van der Waals surface area (Å²) >= 11 is 0. The van der Waals surface area contributed by atoms with E-state index in [-0.39, 0.29) is 24.4 Å². The molecule has 0 spiro atoms. The molecular formula is C33H39N3O5. The number of pyridine rings is 1. The molecule has 0 bridgehead atoms. The molecule has 0 radical (unpaired) electrons. The van der Waals surface area contributed by atoms with E-state index in [0.29, 0.717) is 32.5 Å². The van der Waals surface area contributed by atoms with Gasteiger partial charge in [-0.3, -0.25) is 19.5 Å². The van der Waals surface area contributed by atoms with Gasteiger partial charge in [0.15, 0.2) is 0 Å². The molecule has 0 aliphatic carbocycles. The highest BCUT2D eigenvalue weighted by atomic mass is 16.5. The molecular weight excluding hydrogens is 518 g/mol. The molecule has 3 unspecified atom stereocenters. The van der Waals surface area contributed by atoms with Gasteiger partial charge in [0.2, 0.25) is 5.91 Å². The lowest BCUT2D eigenvalue weighted by atomic mass is 9.83. The van der Waals surface area contributed by atoms with Crippen molar-refractivity contribution in [3.63, 3.8) is 0 Å². The summed E-state index contributed by atoms with van der Waals surface area (Å²) in [4.78, 5) is 34.9. The fraction of sp³-hybridized carbons (Fsp3) is 0.424. The Kier molecular flexibility index (Phi) is 9.19. The summed E-state index contributed by atoms with van der Waals surface area (Å²) in [6, 6.07) is 17.3. The van der Waals surface area contributed by atoms with E-state index >= 15 is 0 Å². The number of carbonyl (C=O) groups is 2. The molecule has 1 fully saturated rings. The summed E-state index contributed by atoms with van der Waals surface area (Å²) in [6.45, 7) is 3.98. The second-order valence-corrected chi connectivity index (χ2v) is 10.9. The van der Waals surface area contributed by atoms with E-state index in [1.54, 1.807) is 24.4 Å². The quantitative estimate of drug-likeness (QED) is 0.337. The van der Waals surface area contributed by atoms with Gasteiger partial charge < -0.3 is 19.5 Å². The number of carboxylic acids is 1. The van der Waals surface area contributed by atoms with Crippen molar-refractivity contribution in [2.24, 2.45) is 5.92 Å². The topological polar surface area (TPSA) is 92.2 Å². The van der Waals surface area contributed by atoms with Crippen LogP contribution in [0.2, 0.25) is 0 Å². The van der Waals surface area contributed by atoms with Gasteiger partial charge in [-0.2, -0.15) is 0 Å². The van der Waals surface area contributed by atoms with Gasteiger partial charge in [-0.15, -0.1) is 0 Å². The second-order valence-electron chi connectivity index (χ2n) is 10.9. The number of carbonyl (C=O) groups excluding carboxylic acids is 1. The largest absolute Gasteiger partial charge is 0.496 e. The number of aliphatic carboxylic acids is 1. The van der Waals surface area contributed by atoms with Crippen LogP contribution >= 0.6 is 0 Å². The molecule has 41 heavy (non-hydrogen) atoms. The van der Waals surface area contributed by atoms with Crippen LogP contribution in [-0.2, 0) is 22.4 Å². The summed E-state index contributed by atoms with van der Waals surface area (Å²) in [5, 5.41) is 10.6. The average molecular weight is 558 g/mol. The predicted molar refractivity (Wildman–Crippen MR) is 158 cm³/mol. The monoisotopic (exact) mass is 557 g/mol. The molecule has 1 aromatic heterocycles. The van der Waals surface area contributed by atoms with Crippen molar-refractivity contribution in [3.05, 3.63) is 83.7 Å². The van der Waals surface area contributed by atoms with Crippen molar-refractivity contribution in [1.82, 2.24) is 9.88 Å². The zero-order valence-electron chi connectivity index (χ0n) is 23.9. The SMILES string of the molecule is CCCCN(C(=O)CN1CC(c2ccc3c(c2)CCO3)C(C(=O)O)C1CCc1ccccc1OC)c1cccnc1. The third-order valence-electron chi connectivity index (χ3n) is 8.41. The number of anilines is 1. The molecule has 1 N–H and O–H groups in total. The van der Waals surface area contributed by atoms with Crippen molar-refractivity contribution >= 4 is 17.6 Å². The number of hydrogen-bond donors (Lipinski definition) is 1. The Bertz CT molecular complexity index is 1350. The van der Waals surface area contributed by atoms with Crippen LogP contribution in [0.25, 0.3) is 0 Å². The number of rotatable bonds is 12. The Morgan fingerprint density at radius 3 is 2.78 bits per heavy atom. The maximum atomic E-state index is 13.9. The third kappa shape index (κ3) is 6.38. The molecule has 8 nitrogen and oxygen atoms in total. The third-order valence-corrected chi connectivity index (χ3v) is 8.41. The molecule has 5 rings (SSSR count). The molecule has 1 amide bonds. The van der Waals surface area contributed by atoms with Crippen LogP contribution in [0.4, 0.5) is 5.69 Å². The number of hydrogen-bond acceptors (Lipinski definition) is 6. The van der Waals surface area contributed by atoms with Crippen LogP contribution in [0.15, 0.2) is 67.0 Å². The number of benzene rings is 2. The summed E-state index contributed by atoms with van der Waals surface area (Å²) < 4.78 is 11.3. The van der Waals surface area contributed by atoms with Gasteiger partial charge in [-0.05, 0) is 60.2 Å². The maximum absolute atomic E-state index is 13.9. The molecule has 2 aliphatic heterocycles. The number of unbranched alkanes of at least 4 members (excludes halogenated alkanes) is 1. The van der Waals surface area contributed by atoms with Crippen molar-refractivity contribution < 1.29 is 24.2 Å². The molecule has 3 aromatic rings. The highest BCUT2D eigenvalue weighted by Gasteiger charge is 2.47. The van der Waals surface area contributed by atoms with Crippen LogP contribution in [0, 0.1) is 5.92 Å². The van der Waals surface area contributed by atoms with Gasteiger partial charge in [0.1, 0.15) is 11.5 Å². The first-order valence-electron chi connectivity index (χ1n) is 14.5. The number of para-hydroxylation sites is 1. The molecule has 1 saturated heterocycles. The van der Waals surface area contributed by atoms with E-state index < -0.39 is 11.9 Å². The van der Waals surface area contributed by atoms with E-state index in [1.807, 2.05) is 48.5 Å². The molecule has 0 saturated carbocycles. The first-order chi connectivity index (χ1) is 20.0. The van der Waals surface area contributed by atoms with Gasteiger partial charge in [-0.25, -0.2) is 0 Å². The lowest BCUT2D eigenvalue weighted by Crippen LogP contribution is -2.44. The summed E-state index contributed by atoms with van der Waals surface area (Å²) in [5.74, 6) is -0.0988. The Hall–Kier alpha value is -3.91. The molecule has 2 aromatic carbocycles. The number of nitrogens with zero attached hydrogens (tertiary/aromatic N) is 3. The van der Waals surface area contributed by atoms with Crippen molar-refractivity contribution in [3.8, 4) is 11.5 Å². The Balaban J connectivity index is 1.45. The van der Waals surface area contributed by atoms with Gasteiger partial charge in [0.05, 0.1) is 38.1 Å². The minimum Gasteiger partial charge on any atom is -0.496 e. The number of carboxylic acid groups (broad SMARTS) is 1. The standard InChI is InChI=1S/C33H39N3O5/c1-3-4-17-36(26-9-7-16-34-20-26)31(37)22-35-21-27(24-12-14-30-25(19-24)15-18-41-30)32(33(38)39)28(35)13-11-23-8-5-6-10-29(23)40-2/h5-10,12,14,16,19-20,27-28,32H,3-4,11,13,15,17-18,21-22H2,1-2H3,(H,38,39). The Morgan fingerprint density at radius 2 is 2.02 bits per heavy atom. The minimum absolute atomic E-state index is 0.0408. The fourth-order valence-electron chi connectivity index (χ4n) is 6.33. The normalized spacial score (nSPS) is 19.9. The van der Waals surface area contributed by atoms with E-state index in [0.717, 1.165) is 53.1 Å². The number of aromatic nitrogens is 1. The van der Waals surface area contributed by atoms with E-state index in [2.05, 4.69) is 22.9 Å². The number of methoxy groups -OCH3 is 1. The van der Waals surface area contributed by atoms with Crippen LogP contribution in [-0.4, -0.2) is 66.3 Å². The highest BCUT2D eigenvalue weighted by Crippen LogP contribution is 2.41. The van der Waals surface area contributed by atoms with Crippen LogP contribution in [0.1, 0.15) is 48.8 Å². The second kappa shape index (κ2) is 13.2. The number of amides is 1. The highest BCUT2D eigenvalue weighted by molar-refractivity contribution is 5.94. The zero-order chi connectivity index (χ0) is 28.8. The molecule has 216 valence electrons. The number of ether oxygens (including phenoxy) is 2. The zero-order valence-corrected chi connectivity index (χ0v) is 23.9. The number of aryl methyl sites for hydroxylation is 1. The molecule has 2 aliphatic rings. The Morgan fingerprint density at radius 1 is 1.17 bits per heavy atom. The Labute approximate surface area is 241 Å². The van der Waals surface area contributed by atoms with Crippen LogP contribution < -0.4 is 14.4 Å². The van der Waals surface area contributed by atoms with Gasteiger partial charge >= 0.3 is 5.97 Å². The smallest absolute Gasteiger partial charge is 0.308 e. The molecule has 3 heterocycles. The molecule has 3 atom stereocenters. The lowest BCUT2D eigenvalue weighted by Gasteiger charge is -2.30. The van der Waals surface area contributed by atoms with Crippen molar-refractivity contribution in [2.45, 2.75) is 51.0 Å². The lowest BCUT2D eigenvalue weighted by molar-refractivity contribution is -0.143. The van der Waals surface area contributed by atoms with E-state index in [1.165, 1.54) is 0 Å². The predicted octanol–water partition coefficient (Wildman–Crippen LogP) is 4.96. The van der Waals surface area contributed by atoms with Crippen LogP contribution in [0.3, 0.4) is 0 Å². The maximum Gasteiger partial charge on any atom is 0.308 e. The average Bonchev–Trinajstić information content (AvgIpc) is 3.61.